The molecule has 0 aliphatic carbocycles. The molecule has 4 aromatic rings. The van der Waals surface area contributed by atoms with Crippen LogP contribution in [0, 0.1) is 10.8 Å². The molecule has 200 valence electrons. The van der Waals surface area contributed by atoms with Gasteiger partial charge in [-0.05, 0) is 42.0 Å². The standard InChI is InChI=1S/C34H42NO3/c1-10-22-17-18-35-26(19-22)30-23(15-16-25-24-13-11-12-14-27(24)37-31(25)30)21(2)32(35)38-29(34(6,7)8)20-28(36-9)33(3,4)5/h11-21,28,32H,10H2,1-9H3/q+1/b29-20-/t21?,28?,32-/m1/s1. The minimum Gasteiger partial charge on any atom is -0.455 e. The van der Waals surface area contributed by atoms with E-state index in [4.69, 9.17) is 13.9 Å². The van der Waals surface area contributed by atoms with Crippen molar-refractivity contribution in [2.75, 3.05) is 7.11 Å². The van der Waals surface area contributed by atoms with Crippen LogP contribution in [-0.2, 0) is 15.9 Å². The van der Waals surface area contributed by atoms with E-state index in [2.05, 4.69) is 115 Å². The van der Waals surface area contributed by atoms with Gasteiger partial charge in [-0.1, -0.05) is 78.8 Å². The van der Waals surface area contributed by atoms with Gasteiger partial charge in [-0.2, -0.15) is 4.57 Å². The third-order valence-corrected chi connectivity index (χ3v) is 7.88. The van der Waals surface area contributed by atoms with Crippen LogP contribution in [0.5, 0.6) is 0 Å². The van der Waals surface area contributed by atoms with E-state index >= 15 is 0 Å². The van der Waals surface area contributed by atoms with Gasteiger partial charge in [0.25, 0.3) is 0 Å². The molecule has 38 heavy (non-hydrogen) atoms. The lowest BCUT2D eigenvalue weighted by Crippen LogP contribution is -2.48. The Hall–Kier alpha value is -3.11. The lowest BCUT2D eigenvalue weighted by atomic mass is 9.84. The van der Waals surface area contributed by atoms with Gasteiger partial charge in [-0.25, -0.2) is 0 Å². The van der Waals surface area contributed by atoms with Crippen LogP contribution in [0.2, 0.25) is 0 Å². The van der Waals surface area contributed by atoms with E-state index in [1.165, 1.54) is 16.7 Å². The maximum absolute atomic E-state index is 7.04. The van der Waals surface area contributed by atoms with Gasteiger partial charge >= 0.3 is 6.23 Å². The fourth-order valence-corrected chi connectivity index (χ4v) is 5.60. The van der Waals surface area contributed by atoms with Crippen molar-refractivity contribution in [1.82, 2.24) is 0 Å². The number of methoxy groups -OCH3 is 1. The highest BCUT2D eigenvalue weighted by Gasteiger charge is 2.43. The summed E-state index contributed by atoms with van der Waals surface area (Å²) in [5.74, 6) is 1.05. The van der Waals surface area contributed by atoms with Crippen LogP contribution in [0.1, 0.15) is 78.7 Å². The molecule has 2 aromatic carbocycles. The molecule has 3 atom stereocenters. The Kier molecular flexibility index (Phi) is 6.67. The number of benzene rings is 2. The molecular weight excluding hydrogens is 470 g/mol. The number of fused-ring (bicyclic) bond motifs is 7. The van der Waals surface area contributed by atoms with Gasteiger partial charge in [0.05, 0.1) is 17.6 Å². The number of hydrogen-bond donors (Lipinski definition) is 0. The van der Waals surface area contributed by atoms with Crippen molar-refractivity contribution >= 4 is 21.9 Å². The van der Waals surface area contributed by atoms with Gasteiger partial charge in [0, 0.05) is 35.4 Å². The molecule has 0 radical (unpaired) electrons. The summed E-state index contributed by atoms with van der Waals surface area (Å²) in [5, 5.41) is 2.31. The van der Waals surface area contributed by atoms with Crippen LogP contribution < -0.4 is 4.57 Å². The van der Waals surface area contributed by atoms with Crippen molar-refractivity contribution in [3.8, 4) is 11.3 Å². The van der Waals surface area contributed by atoms with Crippen molar-refractivity contribution in [3.63, 3.8) is 0 Å². The quantitative estimate of drug-likeness (QED) is 0.198. The molecular formula is C34H42NO3+. The first-order chi connectivity index (χ1) is 17.9. The summed E-state index contributed by atoms with van der Waals surface area (Å²) >= 11 is 0. The maximum Gasteiger partial charge on any atom is 0.308 e. The van der Waals surface area contributed by atoms with Crippen molar-refractivity contribution in [2.24, 2.45) is 10.8 Å². The Balaban J connectivity index is 1.70. The van der Waals surface area contributed by atoms with Crippen LogP contribution in [0.3, 0.4) is 0 Å². The highest BCUT2D eigenvalue weighted by Crippen LogP contribution is 2.46. The minimum atomic E-state index is -0.201. The first-order valence-corrected chi connectivity index (χ1v) is 13.8. The number of rotatable bonds is 5. The van der Waals surface area contributed by atoms with E-state index in [9.17, 15) is 0 Å². The Morgan fingerprint density at radius 2 is 1.76 bits per heavy atom. The monoisotopic (exact) mass is 512 g/mol. The molecule has 0 amide bonds. The van der Waals surface area contributed by atoms with Gasteiger partial charge in [0.1, 0.15) is 16.9 Å². The highest BCUT2D eigenvalue weighted by molar-refractivity contribution is 6.09. The summed E-state index contributed by atoms with van der Waals surface area (Å²) in [6, 6.07) is 17.3. The smallest absolute Gasteiger partial charge is 0.308 e. The molecule has 0 saturated carbocycles. The van der Waals surface area contributed by atoms with Crippen LogP contribution in [0.4, 0.5) is 0 Å². The zero-order valence-corrected chi connectivity index (χ0v) is 24.4. The van der Waals surface area contributed by atoms with Crippen LogP contribution in [0.15, 0.2) is 71.0 Å². The largest absolute Gasteiger partial charge is 0.455 e. The molecule has 1 aliphatic rings. The molecule has 2 unspecified atom stereocenters. The lowest BCUT2D eigenvalue weighted by Gasteiger charge is -2.34. The molecule has 0 fully saturated rings. The summed E-state index contributed by atoms with van der Waals surface area (Å²) < 4.78 is 21.8. The first-order valence-electron chi connectivity index (χ1n) is 13.8. The van der Waals surface area contributed by atoms with Crippen molar-refractivity contribution in [2.45, 2.75) is 80.1 Å². The number of aromatic nitrogens is 1. The molecule has 0 spiro atoms. The number of aryl methyl sites for hydroxylation is 1. The normalized spacial score (nSPS) is 18.9. The zero-order chi connectivity index (χ0) is 27.4. The predicted octanol–water partition coefficient (Wildman–Crippen LogP) is 8.73. The van der Waals surface area contributed by atoms with Gasteiger partial charge < -0.3 is 13.9 Å². The average Bonchev–Trinajstić information content (AvgIpc) is 3.25. The maximum atomic E-state index is 7.04. The van der Waals surface area contributed by atoms with E-state index in [-0.39, 0.29) is 29.1 Å². The van der Waals surface area contributed by atoms with E-state index < -0.39 is 0 Å². The Labute approximate surface area is 227 Å². The van der Waals surface area contributed by atoms with Gasteiger partial charge in [-0.3, -0.25) is 0 Å². The van der Waals surface area contributed by atoms with Gasteiger partial charge in [-0.15, -0.1) is 0 Å². The number of nitrogens with zero attached hydrogens (tertiary/aromatic N) is 1. The van der Waals surface area contributed by atoms with Crippen molar-refractivity contribution in [1.29, 1.82) is 0 Å². The SMILES string of the molecule is CCc1cc[n+]2c(c1)-c1c(ccc3c1oc1ccccc13)C(C)[C@H]2O/C(=C\C(OC)C(C)(C)C)C(C)(C)C. The third-order valence-electron chi connectivity index (χ3n) is 7.88. The van der Waals surface area contributed by atoms with E-state index in [1.54, 1.807) is 7.11 Å². The molecule has 4 heteroatoms. The Morgan fingerprint density at radius 3 is 2.42 bits per heavy atom. The zero-order valence-electron chi connectivity index (χ0n) is 24.4. The molecule has 0 bridgehead atoms. The first kappa shape index (κ1) is 26.5. The molecule has 3 heterocycles. The number of hydrogen-bond acceptors (Lipinski definition) is 3. The average molecular weight is 513 g/mol. The Morgan fingerprint density at radius 1 is 1.03 bits per heavy atom. The second-order valence-electron chi connectivity index (χ2n) is 12.8. The van der Waals surface area contributed by atoms with Crippen molar-refractivity contribution in [3.05, 3.63) is 77.7 Å². The molecule has 1 aliphatic heterocycles. The summed E-state index contributed by atoms with van der Waals surface area (Å²) in [6.45, 7) is 17.7. The van der Waals surface area contributed by atoms with Crippen LogP contribution in [0.25, 0.3) is 33.2 Å². The fourth-order valence-electron chi connectivity index (χ4n) is 5.60. The predicted molar refractivity (Wildman–Crippen MR) is 155 cm³/mol. The summed E-state index contributed by atoms with van der Waals surface area (Å²) in [6.07, 6.45) is 5.08. The Bertz CT molecular complexity index is 1510. The number of furan rings is 1. The number of para-hydroxylation sites is 1. The van der Waals surface area contributed by atoms with Gasteiger partial charge in [0.15, 0.2) is 6.20 Å². The lowest BCUT2D eigenvalue weighted by molar-refractivity contribution is -0.755. The summed E-state index contributed by atoms with van der Waals surface area (Å²) in [7, 11) is 1.78. The van der Waals surface area contributed by atoms with Crippen LogP contribution >= 0.6 is 0 Å². The minimum absolute atomic E-state index is 0.0482. The fraction of sp³-hybridized carbons (Fsp3) is 0.441. The molecule has 4 nitrogen and oxygen atoms in total. The topological polar surface area (TPSA) is 35.5 Å². The molecule has 5 rings (SSSR count). The summed E-state index contributed by atoms with van der Waals surface area (Å²) in [4.78, 5) is 0. The van der Waals surface area contributed by atoms with E-state index in [0.717, 1.165) is 39.8 Å². The number of ether oxygens (including phenoxy) is 2. The number of allylic oxidation sites excluding steroid dienone is 1. The van der Waals surface area contributed by atoms with Crippen molar-refractivity contribution < 1.29 is 18.5 Å². The van der Waals surface area contributed by atoms with E-state index in [0.29, 0.717) is 0 Å². The molecule has 2 aromatic heterocycles. The van der Waals surface area contributed by atoms with Crippen LogP contribution in [-0.4, -0.2) is 13.2 Å². The third kappa shape index (κ3) is 4.53. The molecule has 0 N–H and O–H groups in total. The molecule has 0 saturated heterocycles. The highest BCUT2D eigenvalue weighted by atomic mass is 16.5. The number of pyridine rings is 1. The summed E-state index contributed by atoms with van der Waals surface area (Å²) in [5.41, 5.74) is 6.50. The van der Waals surface area contributed by atoms with E-state index in [1.807, 2.05) is 6.07 Å². The second kappa shape index (κ2) is 9.57. The van der Waals surface area contributed by atoms with Gasteiger partial charge in [0.2, 0.25) is 5.69 Å². The second-order valence-corrected chi connectivity index (χ2v) is 12.8.